The molecule has 6 nitrogen and oxygen atoms in total. The molecule has 0 saturated heterocycles. The van der Waals surface area contributed by atoms with Gasteiger partial charge in [0.15, 0.2) is 0 Å². The zero-order chi connectivity index (χ0) is 19.5. The molecule has 0 aliphatic carbocycles. The number of hydrogen-bond acceptors (Lipinski definition) is 5. The third-order valence-electron chi connectivity index (χ3n) is 4.15. The topological polar surface area (TPSA) is 79.4 Å². The molecule has 0 unspecified atom stereocenters. The number of unbranched alkanes of at least 4 members (excludes halogenated alkanes) is 4. The highest BCUT2D eigenvalue weighted by Crippen LogP contribution is 2.17. The molecule has 6 heteroatoms. The van der Waals surface area contributed by atoms with Crippen molar-refractivity contribution in [2.24, 2.45) is 5.10 Å². The zero-order valence-corrected chi connectivity index (χ0v) is 16.5. The number of aromatic nitrogens is 2. The fourth-order valence-corrected chi connectivity index (χ4v) is 2.59. The standard InChI is InChI=1S/C21H30N4O2/c1-4-5-6-7-10-13-27-19-12-9-8-11-17(19)15-22-25-21-23-18(16(2)3)14-20(26)24-21/h8-9,11-12,14-16H,4-7,10,13H2,1-3H3,(H2,23,24,25,26)/b22-15-. The molecule has 2 rings (SSSR count). The zero-order valence-electron chi connectivity index (χ0n) is 16.5. The number of hydrazone groups is 1. The van der Waals surface area contributed by atoms with Crippen LogP contribution in [-0.4, -0.2) is 22.8 Å². The SMILES string of the molecule is CCCCCCCOc1ccccc1/C=N\Nc1nc(C(C)C)cc(=O)[nH]1. The van der Waals surface area contributed by atoms with Crippen molar-refractivity contribution in [3.8, 4) is 5.75 Å². The number of anilines is 1. The molecule has 0 fully saturated rings. The summed E-state index contributed by atoms with van der Waals surface area (Å²) in [6, 6.07) is 9.27. The number of H-pyrrole nitrogens is 1. The predicted molar refractivity (Wildman–Crippen MR) is 111 cm³/mol. The first-order chi connectivity index (χ1) is 13.1. The Hall–Kier alpha value is -2.63. The van der Waals surface area contributed by atoms with Crippen LogP contribution in [-0.2, 0) is 0 Å². The monoisotopic (exact) mass is 370 g/mol. The molecule has 0 bridgehead atoms. The van der Waals surface area contributed by atoms with Crippen LogP contribution in [0.25, 0.3) is 0 Å². The van der Waals surface area contributed by atoms with Gasteiger partial charge in [0.2, 0.25) is 5.95 Å². The van der Waals surface area contributed by atoms with Crippen molar-refractivity contribution < 1.29 is 4.74 Å². The van der Waals surface area contributed by atoms with Crippen LogP contribution in [0.15, 0.2) is 40.2 Å². The van der Waals surface area contributed by atoms with E-state index in [0.29, 0.717) is 12.6 Å². The highest BCUT2D eigenvalue weighted by molar-refractivity contribution is 5.83. The molecule has 0 saturated carbocycles. The van der Waals surface area contributed by atoms with E-state index in [2.05, 4.69) is 27.4 Å². The van der Waals surface area contributed by atoms with Crippen molar-refractivity contribution in [1.29, 1.82) is 0 Å². The third kappa shape index (κ3) is 7.25. The molecular formula is C21H30N4O2. The van der Waals surface area contributed by atoms with Crippen molar-refractivity contribution in [1.82, 2.24) is 9.97 Å². The van der Waals surface area contributed by atoms with Crippen LogP contribution >= 0.6 is 0 Å². The molecular weight excluding hydrogens is 340 g/mol. The Morgan fingerprint density at radius 2 is 2.00 bits per heavy atom. The minimum Gasteiger partial charge on any atom is -0.493 e. The van der Waals surface area contributed by atoms with E-state index in [9.17, 15) is 4.79 Å². The first kappa shape index (κ1) is 20.7. The third-order valence-corrected chi connectivity index (χ3v) is 4.15. The molecule has 0 aliphatic rings. The van der Waals surface area contributed by atoms with Gasteiger partial charge in [-0.25, -0.2) is 10.4 Å². The van der Waals surface area contributed by atoms with Gasteiger partial charge in [0, 0.05) is 11.6 Å². The summed E-state index contributed by atoms with van der Waals surface area (Å²) < 4.78 is 5.90. The Morgan fingerprint density at radius 3 is 2.78 bits per heavy atom. The van der Waals surface area contributed by atoms with E-state index in [1.165, 1.54) is 31.7 Å². The van der Waals surface area contributed by atoms with Crippen LogP contribution in [0, 0.1) is 0 Å². The van der Waals surface area contributed by atoms with E-state index >= 15 is 0 Å². The molecule has 27 heavy (non-hydrogen) atoms. The van der Waals surface area contributed by atoms with E-state index in [0.717, 1.165) is 23.4 Å². The lowest BCUT2D eigenvalue weighted by Crippen LogP contribution is -2.12. The molecule has 0 amide bonds. The number of aromatic amines is 1. The summed E-state index contributed by atoms with van der Waals surface area (Å²) in [6.07, 6.45) is 7.70. The Morgan fingerprint density at radius 1 is 1.22 bits per heavy atom. The quantitative estimate of drug-likeness (QED) is 0.342. The first-order valence-electron chi connectivity index (χ1n) is 9.72. The van der Waals surface area contributed by atoms with Gasteiger partial charge < -0.3 is 4.74 Å². The first-order valence-corrected chi connectivity index (χ1v) is 9.72. The fourth-order valence-electron chi connectivity index (χ4n) is 2.59. The maximum atomic E-state index is 11.7. The lowest BCUT2D eigenvalue weighted by Gasteiger charge is -2.09. The summed E-state index contributed by atoms with van der Waals surface area (Å²) in [4.78, 5) is 18.7. The molecule has 146 valence electrons. The summed E-state index contributed by atoms with van der Waals surface area (Å²) in [5, 5.41) is 4.20. The molecule has 0 atom stereocenters. The smallest absolute Gasteiger partial charge is 0.252 e. The number of hydrogen-bond donors (Lipinski definition) is 2. The Balaban J connectivity index is 1.94. The number of ether oxygens (including phenoxy) is 1. The number of nitrogens with zero attached hydrogens (tertiary/aromatic N) is 2. The maximum Gasteiger partial charge on any atom is 0.252 e. The van der Waals surface area contributed by atoms with Gasteiger partial charge >= 0.3 is 0 Å². The second kappa shape index (κ2) is 11.2. The van der Waals surface area contributed by atoms with Crippen molar-refractivity contribution in [2.45, 2.75) is 58.8 Å². The molecule has 0 radical (unpaired) electrons. The van der Waals surface area contributed by atoms with Crippen molar-refractivity contribution in [3.63, 3.8) is 0 Å². The number of benzene rings is 1. The Bertz CT molecular complexity index is 784. The highest BCUT2D eigenvalue weighted by atomic mass is 16.5. The van der Waals surface area contributed by atoms with Gasteiger partial charge in [0.1, 0.15) is 5.75 Å². The summed E-state index contributed by atoms with van der Waals surface area (Å²) in [7, 11) is 0. The normalized spacial score (nSPS) is 11.3. The summed E-state index contributed by atoms with van der Waals surface area (Å²) in [5.74, 6) is 1.30. The average Bonchev–Trinajstić information content (AvgIpc) is 2.65. The van der Waals surface area contributed by atoms with Crippen LogP contribution < -0.4 is 15.7 Å². The molecule has 1 aromatic carbocycles. The van der Waals surface area contributed by atoms with Crippen LogP contribution in [0.1, 0.15) is 70.1 Å². The van der Waals surface area contributed by atoms with Gasteiger partial charge in [-0.2, -0.15) is 5.10 Å². The number of para-hydroxylation sites is 1. The van der Waals surface area contributed by atoms with E-state index < -0.39 is 0 Å². The molecule has 1 aromatic heterocycles. The second-order valence-corrected chi connectivity index (χ2v) is 6.84. The van der Waals surface area contributed by atoms with Crippen molar-refractivity contribution >= 4 is 12.2 Å². The number of nitrogens with one attached hydrogen (secondary N) is 2. The van der Waals surface area contributed by atoms with E-state index in [1.54, 1.807) is 6.21 Å². The maximum absolute atomic E-state index is 11.7. The lowest BCUT2D eigenvalue weighted by atomic mass is 10.1. The summed E-state index contributed by atoms with van der Waals surface area (Å²) in [5.41, 5.74) is 4.20. The van der Waals surface area contributed by atoms with Gasteiger partial charge in [-0.1, -0.05) is 58.6 Å². The van der Waals surface area contributed by atoms with Gasteiger partial charge in [0.25, 0.3) is 5.56 Å². The van der Waals surface area contributed by atoms with Crippen molar-refractivity contribution in [2.75, 3.05) is 12.0 Å². The van der Waals surface area contributed by atoms with Crippen molar-refractivity contribution in [3.05, 3.63) is 51.9 Å². The Labute approximate surface area is 161 Å². The molecule has 0 aliphatic heterocycles. The molecule has 0 spiro atoms. The van der Waals surface area contributed by atoms with Gasteiger partial charge in [0.05, 0.1) is 18.5 Å². The minimum atomic E-state index is -0.196. The Kier molecular flexibility index (Phi) is 8.55. The van der Waals surface area contributed by atoms with E-state index in [1.807, 2.05) is 38.1 Å². The largest absolute Gasteiger partial charge is 0.493 e. The van der Waals surface area contributed by atoms with Crippen LogP contribution in [0.3, 0.4) is 0 Å². The number of rotatable bonds is 11. The molecule has 2 N–H and O–H groups in total. The lowest BCUT2D eigenvalue weighted by molar-refractivity contribution is 0.304. The van der Waals surface area contributed by atoms with Crippen LogP contribution in [0.4, 0.5) is 5.95 Å². The van der Waals surface area contributed by atoms with Crippen LogP contribution in [0.5, 0.6) is 5.75 Å². The van der Waals surface area contributed by atoms with Crippen LogP contribution in [0.2, 0.25) is 0 Å². The minimum absolute atomic E-state index is 0.170. The van der Waals surface area contributed by atoms with Gasteiger partial charge in [-0.3, -0.25) is 9.78 Å². The van der Waals surface area contributed by atoms with E-state index in [-0.39, 0.29) is 11.5 Å². The summed E-state index contributed by atoms with van der Waals surface area (Å²) in [6.45, 7) is 6.90. The van der Waals surface area contributed by atoms with Gasteiger partial charge in [-0.05, 0) is 24.5 Å². The summed E-state index contributed by atoms with van der Waals surface area (Å²) >= 11 is 0. The van der Waals surface area contributed by atoms with E-state index in [4.69, 9.17) is 4.74 Å². The highest BCUT2D eigenvalue weighted by Gasteiger charge is 2.05. The fraction of sp³-hybridized carbons (Fsp3) is 0.476. The van der Waals surface area contributed by atoms with Gasteiger partial charge in [-0.15, -0.1) is 0 Å². The predicted octanol–water partition coefficient (Wildman–Crippen LogP) is 4.69. The molecule has 2 aromatic rings. The second-order valence-electron chi connectivity index (χ2n) is 6.84. The molecule has 1 heterocycles. The average molecular weight is 370 g/mol.